The van der Waals surface area contributed by atoms with Gasteiger partial charge in [-0.3, -0.25) is 14.5 Å². The normalized spacial score (nSPS) is 14.7. The highest BCUT2D eigenvalue weighted by Crippen LogP contribution is 2.23. The molecule has 0 atom stereocenters. The van der Waals surface area contributed by atoms with Crippen molar-refractivity contribution in [3.63, 3.8) is 0 Å². The molecule has 162 valence electrons. The van der Waals surface area contributed by atoms with Crippen LogP contribution < -0.4 is 10.6 Å². The number of carbonyl (C=O) groups excluding carboxylic acids is 2. The summed E-state index contributed by atoms with van der Waals surface area (Å²) >= 11 is 5.97. The number of carbonyl (C=O) groups is 2. The van der Waals surface area contributed by atoms with E-state index >= 15 is 0 Å². The molecule has 1 aromatic heterocycles. The molecule has 30 heavy (non-hydrogen) atoms. The predicted octanol–water partition coefficient (Wildman–Crippen LogP) is 1.83. The molecule has 0 radical (unpaired) electrons. The van der Waals surface area contributed by atoms with Crippen molar-refractivity contribution in [3.8, 4) is 5.69 Å². The van der Waals surface area contributed by atoms with Gasteiger partial charge in [-0.25, -0.2) is 4.68 Å². The number of hydrogen-bond donors (Lipinski definition) is 2. The van der Waals surface area contributed by atoms with Crippen molar-refractivity contribution in [2.24, 2.45) is 0 Å². The fourth-order valence-electron chi connectivity index (χ4n) is 3.37. The summed E-state index contributed by atoms with van der Waals surface area (Å²) in [5.41, 5.74) is 2.06. The number of hydrogen-bond acceptors (Lipinski definition) is 5. The van der Waals surface area contributed by atoms with Gasteiger partial charge >= 0.3 is 0 Å². The number of aromatic nitrogens is 2. The van der Waals surface area contributed by atoms with Crippen molar-refractivity contribution >= 4 is 23.4 Å². The summed E-state index contributed by atoms with van der Waals surface area (Å²) in [5.74, 6) is -0.471. The average molecular weight is 434 g/mol. The lowest BCUT2D eigenvalue weighted by molar-refractivity contribution is -0.120. The second kappa shape index (κ2) is 10.6. The SMILES string of the molecule is CC(C)c1c(C(=O)NCC(=O)NCCN2CCOCC2)cnn1-c1ccc(Cl)cc1. The van der Waals surface area contributed by atoms with Crippen molar-refractivity contribution < 1.29 is 14.3 Å². The third-order valence-corrected chi connectivity index (χ3v) is 5.18. The lowest BCUT2D eigenvalue weighted by atomic mass is 10.1. The van der Waals surface area contributed by atoms with E-state index in [0.29, 0.717) is 17.1 Å². The van der Waals surface area contributed by atoms with Gasteiger partial charge in [0.05, 0.1) is 42.9 Å². The van der Waals surface area contributed by atoms with E-state index in [0.717, 1.165) is 44.2 Å². The molecule has 1 saturated heterocycles. The van der Waals surface area contributed by atoms with Crippen LogP contribution in [0.2, 0.25) is 5.02 Å². The summed E-state index contributed by atoms with van der Waals surface area (Å²) in [6, 6.07) is 7.27. The van der Waals surface area contributed by atoms with Crippen LogP contribution in [0.3, 0.4) is 0 Å². The molecule has 0 aliphatic carbocycles. The predicted molar refractivity (Wildman–Crippen MR) is 115 cm³/mol. The standard InChI is InChI=1S/C21H28ClN5O3/c1-15(2)20-18(13-25-27(20)17-5-3-16(22)4-6-17)21(29)24-14-19(28)23-7-8-26-9-11-30-12-10-26/h3-6,13,15H,7-12,14H2,1-2H3,(H,23,28)(H,24,29). The zero-order chi connectivity index (χ0) is 21.5. The summed E-state index contributed by atoms with van der Waals surface area (Å²) < 4.78 is 7.04. The second-order valence-electron chi connectivity index (χ2n) is 7.47. The van der Waals surface area contributed by atoms with Gasteiger partial charge in [0.2, 0.25) is 5.91 Å². The van der Waals surface area contributed by atoms with E-state index in [1.807, 2.05) is 26.0 Å². The molecule has 2 amide bonds. The highest BCUT2D eigenvalue weighted by molar-refractivity contribution is 6.30. The minimum absolute atomic E-state index is 0.0614. The van der Waals surface area contributed by atoms with Crippen LogP contribution in [0.15, 0.2) is 30.5 Å². The number of nitrogens with zero attached hydrogens (tertiary/aromatic N) is 3. The molecule has 2 heterocycles. The zero-order valence-electron chi connectivity index (χ0n) is 17.4. The van der Waals surface area contributed by atoms with Gasteiger partial charge in [0.15, 0.2) is 0 Å². The van der Waals surface area contributed by atoms with Crippen LogP contribution in [0.5, 0.6) is 0 Å². The maximum absolute atomic E-state index is 12.7. The fourth-order valence-corrected chi connectivity index (χ4v) is 3.50. The Morgan fingerprint density at radius 3 is 2.53 bits per heavy atom. The van der Waals surface area contributed by atoms with Crippen LogP contribution in [0.25, 0.3) is 5.69 Å². The molecule has 1 aromatic carbocycles. The largest absolute Gasteiger partial charge is 0.379 e. The van der Waals surface area contributed by atoms with Crippen LogP contribution in [-0.4, -0.2) is 72.4 Å². The third-order valence-electron chi connectivity index (χ3n) is 4.93. The number of ether oxygens (including phenoxy) is 1. The van der Waals surface area contributed by atoms with Crippen molar-refractivity contribution in [1.82, 2.24) is 25.3 Å². The Hall–Kier alpha value is -2.42. The first-order valence-corrected chi connectivity index (χ1v) is 10.5. The number of benzene rings is 1. The molecule has 0 spiro atoms. The van der Waals surface area contributed by atoms with Gasteiger partial charge in [-0.1, -0.05) is 25.4 Å². The van der Waals surface area contributed by atoms with Crippen molar-refractivity contribution in [2.75, 3.05) is 45.9 Å². The molecular formula is C21H28ClN5O3. The lowest BCUT2D eigenvalue weighted by Gasteiger charge is -2.26. The van der Waals surface area contributed by atoms with E-state index < -0.39 is 0 Å². The third kappa shape index (κ3) is 5.81. The molecule has 0 bridgehead atoms. The van der Waals surface area contributed by atoms with Gasteiger partial charge in [0, 0.05) is 31.2 Å². The number of morpholine rings is 1. The minimum Gasteiger partial charge on any atom is -0.379 e. The number of amides is 2. The highest BCUT2D eigenvalue weighted by Gasteiger charge is 2.21. The Bertz CT molecular complexity index is 860. The Kier molecular flexibility index (Phi) is 7.84. The maximum Gasteiger partial charge on any atom is 0.255 e. The second-order valence-corrected chi connectivity index (χ2v) is 7.91. The Morgan fingerprint density at radius 1 is 1.17 bits per heavy atom. The van der Waals surface area contributed by atoms with E-state index in [2.05, 4.69) is 20.6 Å². The zero-order valence-corrected chi connectivity index (χ0v) is 18.1. The first-order chi connectivity index (χ1) is 14.5. The summed E-state index contributed by atoms with van der Waals surface area (Å²) in [5, 5.41) is 10.6. The molecule has 2 aromatic rings. The molecule has 9 heteroatoms. The number of halogens is 1. The minimum atomic E-state index is -0.317. The highest BCUT2D eigenvalue weighted by atomic mass is 35.5. The number of nitrogens with one attached hydrogen (secondary N) is 2. The Labute approximate surface area is 181 Å². The molecular weight excluding hydrogens is 406 g/mol. The molecule has 8 nitrogen and oxygen atoms in total. The molecule has 1 aliphatic heterocycles. The lowest BCUT2D eigenvalue weighted by Crippen LogP contribution is -2.43. The summed E-state index contributed by atoms with van der Waals surface area (Å²) in [6.45, 7) is 8.44. The average Bonchev–Trinajstić information content (AvgIpc) is 3.19. The van der Waals surface area contributed by atoms with Gasteiger partial charge in [-0.15, -0.1) is 0 Å². The van der Waals surface area contributed by atoms with Gasteiger partial charge in [-0.05, 0) is 30.2 Å². The molecule has 0 saturated carbocycles. The summed E-state index contributed by atoms with van der Waals surface area (Å²) in [4.78, 5) is 27.0. The first-order valence-electron chi connectivity index (χ1n) is 10.1. The molecule has 2 N–H and O–H groups in total. The van der Waals surface area contributed by atoms with Gasteiger partial charge in [0.1, 0.15) is 0 Å². The van der Waals surface area contributed by atoms with Gasteiger partial charge in [-0.2, -0.15) is 5.10 Å². The monoisotopic (exact) mass is 433 g/mol. The van der Waals surface area contributed by atoms with Gasteiger partial charge < -0.3 is 15.4 Å². The van der Waals surface area contributed by atoms with E-state index in [1.54, 1.807) is 16.8 Å². The van der Waals surface area contributed by atoms with Crippen LogP contribution >= 0.6 is 11.6 Å². The van der Waals surface area contributed by atoms with E-state index in [-0.39, 0.29) is 24.3 Å². The van der Waals surface area contributed by atoms with Crippen LogP contribution in [0.1, 0.15) is 35.8 Å². The summed E-state index contributed by atoms with van der Waals surface area (Å²) in [7, 11) is 0. The van der Waals surface area contributed by atoms with Crippen LogP contribution in [-0.2, 0) is 9.53 Å². The van der Waals surface area contributed by atoms with Crippen molar-refractivity contribution in [1.29, 1.82) is 0 Å². The Balaban J connectivity index is 1.55. The molecule has 1 fully saturated rings. The van der Waals surface area contributed by atoms with Crippen LogP contribution in [0, 0.1) is 0 Å². The van der Waals surface area contributed by atoms with E-state index in [4.69, 9.17) is 16.3 Å². The molecule has 1 aliphatic rings. The van der Waals surface area contributed by atoms with Crippen LogP contribution in [0.4, 0.5) is 0 Å². The van der Waals surface area contributed by atoms with Crippen molar-refractivity contribution in [3.05, 3.63) is 46.7 Å². The van der Waals surface area contributed by atoms with Crippen molar-refractivity contribution in [2.45, 2.75) is 19.8 Å². The fraction of sp³-hybridized carbons (Fsp3) is 0.476. The smallest absolute Gasteiger partial charge is 0.255 e. The molecule has 3 rings (SSSR count). The molecule has 0 unspecified atom stereocenters. The summed E-state index contributed by atoms with van der Waals surface area (Å²) in [6.07, 6.45) is 1.54. The quantitative estimate of drug-likeness (QED) is 0.663. The topological polar surface area (TPSA) is 88.5 Å². The van der Waals surface area contributed by atoms with E-state index in [9.17, 15) is 9.59 Å². The first kappa shape index (κ1) is 22.3. The number of rotatable bonds is 8. The maximum atomic E-state index is 12.7. The van der Waals surface area contributed by atoms with Gasteiger partial charge in [0.25, 0.3) is 5.91 Å². The Morgan fingerprint density at radius 2 is 1.87 bits per heavy atom. The van der Waals surface area contributed by atoms with E-state index in [1.165, 1.54) is 6.20 Å².